The van der Waals surface area contributed by atoms with Crippen molar-refractivity contribution in [1.82, 2.24) is 9.55 Å². The molecule has 2 nitrogen and oxygen atoms in total. The molecule has 3 heteroatoms. The van der Waals surface area contributed by atoms with E-state index in [0.29, 0.717) is 0 Å². The summed E-state index contributed by atoms with van der Waals surface area (Å²) in [7, 11) is 0. The molecule has 0 bridgehead atoms. The van der Waals surface area contributed by atoms with Crippen LogP contribution >= 0.6 is 11.3 Å². The Morgan fingerprint density at radius 1 is 0.500 bits per heavy atom. The summed E-state index contributed by atoms with van der Waals surface area (Å²) in [5, 5.41) is 5.19. The first kappa shape index (κ1) is 21.4. The highest BCUT2D eigenvalue weighted by molar-refractivity contribution is 7.26. The maximum absolute atomic E-state index is 5.26. The fourth-order valence-corrected chi connectivity index (χ4v) is 6.93. The minimum atomic E-state index is 0.928. The van der Waals surface area contributed by atoms with Crippen molar-refractivity contribution in [3.63, 3.8) is 0 Å². The summed E-state index contributed by atoms with van der Waals surface area (Å²) >= 11 is 1.88. The van der Waals surface area contributed by atoms with Gasteiger partial charge in [-0.15, -0.1) is 11.3 Å². The summed E-state index contributed by atoms with van der Waals surface area (Å²) in [6.45, 7) is 0. The molecule has 178 valence electrons. The molecule has 0 N–H and O–H groups in total. The standard InChI is InChI=1S/C35H22N2S/c1-3-11-23(12-4-1)25-21-29(24-13-5-2-6-14-24)36-33(22-25)37-30-17-9-7-16-28(30)34-31(37)20-19-27-26-15-8-10-18-32(26)38-35(27)34/h1-22H. The zero-order valence-electron chi connectivity index (χ0n) is 20.5. The van der Waals surface area contributed by atoms with E-state index in [-0.39, 0.29) is 0 Å². The van der Waals surface area contributed by atoms with E-state index in [0.717, 1.165) is 22.6 Å². The fraction of sp³-hybridized carbons (Fsp3) is 0. The van der Waals surface area contributed by atoms with Crippen molar-refractivity contribution in [2.75, 3.05) is 0 Å². The number of rotatable bonds is 3. The van der Waals surface area contributed by atoms with Crippen LogP contribution in [0.2, 0.25) is 0 Å². The van der Waals surface area contributed by atoms with Crippen LogP contribution in [0.3, 0.4) is 0 Å². The third-order valence-electron chi connectivity index (χ3n) is 7.40. The Morgan fingerprint density at radius 2 is 1.18 bits per heavy atom. The van der Waals surface area contributed by atoms with Crippen LogP contribution in [0.4, 0.5) is 0 Å². The molecule has 0 fully saturated rings. The molecule has 8 rings (SSSR count). The first-order valence-electron chi connectivity index (χ1n) is 12.8. The lowest BCUT2D eigenvalue weighted by Crippen LogP contribution is -2.00. The van der Waals surface area contributed by atoms with Crippen LogP contribution < -0.4 is 0 Å². The van der Waals surface area contributed by atoms with E-state index < -0.39 is 0 Å². The number of hydrogen-bond donors (Lipinski definition) is 0. The van der Waals surface area contributed by atoms with Crippen molar-refractivity contribution in [3.05, 3.63) is 133 Å². The Balaban J connectivity index is 1.49. The lowest BCUT2D eigenvalue weighted by Gasteiger charge is -2.13. The highest BCUT2D eigenvalue weighted by Crippen LogP contribution is 2.43. The van der Waals surface area contributed by atoms with Crippen LogP contribution in [0.15, 0.2) is 133 Å². The van der Waals surface area contributed by atoms with Crippen LogP contribution in [0, 0.1) is 0 Å². The Bertz CT molecular complexity index is 2060. The minimum absolute atomic E-state index is 0.928. The van der Waals surface area contributed by atoms with Crippen molar-refractivity contribution < 1.29 is 0 Å². The van der Waals surface area contributed by atoms with E-state index in [1.807, 2.05) is 11.3 Å². The van der Waals surface area contributed by atoms with Gasteiger partial charge in [0.2, 0.25) is 0 Å². The monoisotopic (exact) mass is 502 g/mol. The van der Waals surface area contributed by atoms with E-state index in [2.05, 4.69) is 138 Å². The van der Waals surface area contributed by atoms with Crippen LogP contribution in [-0.4, -0.2) is 9.55 Å². The molecule has 8 aromatic rings. The molecular formula is C35H22N2S. The van der Waals surface area contributed by atoms with Gasteiger partial charge in [0.05, 0.1) is 16.7 Å². The second-order valence-electron chi connectivity index (χ2n) is 9.62. The molecule has 0 aliphatic heterocycles. The number of thiophene rings is 1. The number of pyridine rings is 1. The third kappa shape index (κ3) is 3.22. The Kier molecular flexibility index (Phi) is 4.73. The first-order valence-corrected chi connectivity index (χ1v) is 13.6. The third-order valence-corrected chi connectivity index (χ3v) is 8.60. The summed E-state index contributed by atoms with van der Waals surface area (Å²) in [5.41, 5.74) is 6.77. The second kappa shape index (κ2) is 8.41. The summed E-state index contributed by atoms with van der Waals surface area (Å²) in [6, 6.07) is 47.5. The van der Waals surface area contributed by atoms with Gasteiger partial charge in [-0.25, -0.2) is 4.98 Å². The maximum atomic E-state index is 5.26. The van der Waals surface area contributed by atoms with Gasteiger partial charge in [0.15, 0.2) is 0 Å². The lowest BCUT2D eigenvalue weighted by molar-refractivity contribution is 1.08. The van der Waals surface area contributed by atoms with E-state index in [9.17, 15) is 0 Å². The van der Waals surface area contributed by atoms with Crippen molar-refractivity contribution in [1.29, 1.82) is 0 Å². The number of fused-ring (bicyclic) bond motifs is 7. The Labute approximate surface area is 224 Å². The van der Waals surface area contributed by atoms with E-state index >= 15 is 0 Å². The molecule has 0 aliphatic rings. The number of benzene rings is 5. The molecule has 3 aromatic heterocycles. The van der Waals surface area contributed by atoms with Gasteiger partial charge in [0, 0.05) is 36.5 Å². The molecule has 0 spiro atoms. The molecule has 0 saturated heterocycles. The van der Waals surface area contributed by atoms with Gasteiger partial charge in [0.25, 0.3) is 0 Å². The molecule has 3 heterocycles. The van der Waals surface area contributed by atoms with Gasteiger partial charge in [-0.2, -0.15) is 0 Å². The fourth-order valence-electron chi connectivity index (χ4n) is 5.67. The van der Waals surface area contributed by atoms with Gasteiger partial charge in [-0.3, -0.25) is 4.57 Å². The lowest BCUT2D eigenvalue weighted by atomic mass is 10.0. The normalized spacial score (nSPS) is 11.7. The number of nitrogens with zero attached hydrogens (tertiary/aromatic N) is 2. The molecule has 0 amide bonds. The molecule has 0 saturated carbocycles. The Morgan fingerprint density at radius 3 is 2.00 bits per heavy atom. The second-order valence-corrected chi connectivity index (χ2v) is 10.7. The van der Waals surface area contributed by atoms with Crippen LogP contribution in [-0.2, 0) is 0 Å². The summed E-state index contributed by atoms with van der Waals surface area (Å²) in [4.78, 5) is 5.26. The van der Waals surface area contributed by atoms with E-state index in [4.69, 9.17) is 4.98 Å². The highest BCUT2D eigenvalue weighted by atomic mass is 32.1. The predicted molar refractivity (Wildman–Crippen MR) is 162 cm³/mol. The van der Waals surface area contributed by atoms with Crippen molar-refractivity contribution >= 4 is 53.3 Å². The molecular weight excluding hydrogens is 480 g/mol. The summed E-state index contributed by atoms with van der Waals surface area (Å²) in [6.07, 6.45) is 0. The van der Waals surface area contributed by atoms with Crippen molar-refractivity contribution in [3.8, 4) is 28.2 Å². The quantitative estimate of drug-likeness (QED) is 0.235. The molecule has 5 aromatic carbocycles. The van der Waals surface area contributed by atoms with Gasteiger partial charge in [-0.1, -0.05) is 103 Å². The summed E-state index contributed by atoms with van der Waals surface area (Å²) in [5.74, 6) is 0.928. The molecule has 0 radical (unpaired) electrons. The van der Waals surface area contributed by atoms with Crippen LogP contribution in [0.1, 0.15) is 0 Å². The van der Waals surface area contributed by atoms with Gasteiger partial charge in [0.1, 0.15) is 5.82 Å². The van der Waals surface area contributed by atoms with E-state index in [1.54, 1.807) is 0 Å². The number of para-hydroxylation sites is 1. The topological polar surface area (TPSA) is 17.8 Å². The number of aromatic nitrogens is 2. The smallest absolute Gasteiger partial charge is 0.138 e. The maximum Gasteiger partial charge on any atom is 0.138 e. The predicted octanol–water partition coefficient (Wildman–Crippen LogP) is 9.88. The van der Waals surface area contributed by atoms with Gasteiger partial charge in [-0.05, 0) is 41.5 Å². The summed E-state index contributed by atoms with van der Waals surface area (Å²) < 4.78 is 5.00. The zero-order valence-corrected chi connectivity index (χ0v) is 21.3. The zero-order chi connectivity index (χ0) is 25.1. The van der Waals surface area contributed by atoms with Gasteiger partial charge >= 0.3 is 0 Å². The SMILES string of the molecule is c1ccc(-c2cc(-c3ccccc3)nc(-n3c4ccccc4c4c5sc6ccccc6c5ccc43)c2)cc1. The minimum Gasteiger partial charge on any atom is -0.294 e. The molecule has 38 heavy (non-hydrogen) atoms. The van der Waals surface area contributed by atoms with Crippen LogP contribution in [0.25, 0.3) is 70.2 Å². The molecule has 0 unspecified atom stereocenters. The highest BCUT2D eigenvalue weighted by Gasteiger charge is 2.19. The van der Waals surface area contributed by atoms with E-state index in [1.165, 1.54) is 47.5 Å². The average Bonchev–Trinajstić information content (AvgIpc) is 3.53. The largest absolute Gasteiger partial charge is 0.294 e. The van der Waals surface area contributed by atoms with Crippen molar-refractivity contribution in [2.45, 2.75) is 0 Å². The van der Waals surface area contributed by atoms with Gasteiger partial charge < -0.3 is 0 Å². The van der Waals surface area contributed by atoms with Crippen LogP contribution in [0.5, 0.6) is 0 Å². The molecule has 0 aliphatic carbocycles. The molecule has 0 atom stereocenters. The number of hydrogen-bond acceptors (Lipinski definition) is 2. The van der Waals surface area contributed by atoms with Crippen molar-refractivity contribution in [2.24, 2.45) is 0 Å². The Hall–Kier alpha value is -4.73. The average molecular weight is 503 g/mol. The first-order chi connectivity index (χ1) is 18.8.